The summed E-state index contributed by atoms with van der Waals surface area (Å²) in [5.41, 5.74) is 0. The van der Waals surface area contributed by atoms with Gasteiger partial charge in [0, 0.05) is 12.8 Å². The molecule has 0 bridgehead atoms. The van der Waals surface area contributed by atoms with Crippen molar-refractivity contribution >= 4 is 19.8 Å². The van der Waals surface area contributed by atoms with E-state index < -0.39 is 26.5 Å². The summed E-state index contributed by atoms with van der Waals surface area (Å²) in [7, 11) is 1.45. The highest BCUT2D eigenvalue weighted by molar-refractivity contribution is 7.47. The number of ether oxygens (including phenoxy) is 2. The highest BCUT2D eigenvalue weighted by Crippen LogP contribution is 2.43. The second kappa shape index (κ2) is 40.4. The number of quaternary nitrogens is 1. The summed E-state index contributed by atoms with van der Waals surface area (Å²) in [5.74, 6) is -0.831. The molecule has 0 aliphatic carbocycles. The van der Waals surface area contributed by atoms with Crippen molar-refractivity contribution in [2.24, 2.45) is 0 Å². The van der Waals surface area contributed by atoms with Gasteiger partial charge in [0.1, 0.15) is 19.8 Å². The van der Waals surface area contributed by atoms with Crippen molar-refractivity contribution in [1.29, 1.82) is 0 Å². The van der Waals surface area contributed by atoms with Crippen LogP contribution in [0.4, 0.5) is 0 Å². The van der Waals surface area contributed by atoms with Crippen LogP contribution in [0.2, 0.25) is 0 Å². The second-order valence-electron chi connectivity index (χ2n) is 16.8. The summed E-state index contributed by atoms with van der Waals surface area (Å²) < 4.78 is 34.3. The largest absolute Gasteiger partial charge is 0.472 e. The maximum absolute atomic E-state index is 12.7. The molecule has 338 valence electrons. The zero-order chi connectivity index (χ0) is 42.8. The molecule has 0 saturated carbocycles. The number of esters is 2. The first kappa shape index (κ1) is 56.0. The lowest BCUT2D eigenvalue weighted by molar-refractivity contribution is -0.870. The minimum atomic E-state index is -4.38. The molecule has 0 spiro atoms. The number of rotatable bonds is 42. The summed E-state index contributed by atoms with van der Waals surface area (Å²) in [6, 6.07) is 0. The van der Waals surface area contributed by atoms with Crippen molar-refractivity contribution < 1.29 is 42.1 Å². The first-order valence-electron chi connectivity index (χ1n) is 23.4. The monoisotopic (exact) mass is 839 g/mol. The third-order valence-electron chi connectivity index (χ3n) is 9.86. The average Bonchev–Trinajstić information content (AvgIpc) is 3.17. The zero-order valence-electron chi connectivity index (χ0n) is 38.0. The first-order chi connectivity index (χ1) is 28.0. The van der Waals surface area contributed by atoms with Gasteiger partial charge in [-0.05, 0) is 57.8 Å². The molecule has 9 nitrogen and oxygen atoms in total. The van der Waals surface area contributed by atoms with Crippen molar-refractivity contribution in [3.63, 3.8) is 0 Å². The van der Waals surface area contributed by atoms with Gasteiger partial charge in [-0.25, -0.2) is 4.57 Å². The van der Waals surface area contributed by atoms with E-state index in [-0.39, 0.29) is 32.0 Å². The van der Waals surface area contributed by atoms with Gasteiger partial charge >= 0.3 is 19.8 Å². The van der Waals surface area contributed by atoms with E-state index in [4.69, 9.17) is 18.5 Å². The van der Waals surface area contributed by atoms with Gasteiger partial charge in [-0.15, -0.1) is 0 Å². The van der Waals surface area contributed by atoms with Crippen LogP contribution in [0.15, 0.2) is 48.6 Å². The summed E-state index contributed by atoms with van der Waals surface area (Å²) in [4.78, 5) is 35.4. The van der Waals surface area contributed by atoms with Crippen molar-refractivity contribution in [1.82, 2.24) is 0 Å². The van der Waals surface area contributed by atoms with Gasteiger partial charge in [0.05, 0.1) is 27.7 Å². The fourth-order valence-corrected chi connectivity index (χ4v) is 6.92. The quantitative estimate of drug-likeness (QED) is 0.0213. The van der Waals surface area contributed by atoms with Crippen molar-refractivity contribution in [3.8, 4) is 0 Å². The molecule has 2 atom stereocenters. The molecule has 0 aliphatic rings. The number of carbonyl (C=O) groups is 2. The number of likely N-dealkylation sites (N-methyl/N-ethyl adjacent to an activating group) is 1. The Hall–Kier alpha value is -2.03. The summed E-state index contributed by atoms with van der Waals surface area (Å²) in [6.07, 6.45) is 47.2. The summed E-state index contributed by atoms with van der Waals surface area (Å²) in [6.45, 7) is 4.37. The number of carbonyl (C=O) groups excluding carboxylic acids is 2. The Balaban J connectivity index is 4.39. The van der Waals surface area contributed by atoms with E-state index in [1.54, 1.807) is 0 Å². The van der Waals surface area contributed by atoms with E-state index in [0.29, 0.717) is 17.4 Å². The molecule has 0 fully saturated rings. The summed E-state index contributed by atoms with van der Waals surface area (Å²) >= 11 is 0. The minimum Gasteiger partial charge on any atom is -0.462 e. The number of nitrogens with zero attached hydrogens (tertiary/aromatic N) is 1. The maximum Gasteiger partial charge on any atom is 0.472 e. The van der Waals surface area contributed by atoms with Crippen LogP contribution in [0, 0.1) is 0 Å². The standard InChI is InChI=1S/C48H88NO8P/c1-6-8-10-12-14-16-18-20-22-23-24-25-27-29-31-33-35-37-39-41-48(51)57-46(45-56-58(52,53)55-43-42-49(3,4)5)44-54-47(50)40-38-36-34-32-30-28-26-21-19-17-15-13-11-9-7-2/h14,16,20,22,24-25,29,31,46H,6-13,15,17-19,21,23,26-28,30,32-45H2,1-5H3/p+1/b16-14+,22-20+,25-24+,31-29+/t46-/m1/s1. The molecule has 0 heterocycles. The Bertz CT molecular complexity index is 1130. The lowest BCUT2D eigenvalue weighted by Crippen LogP contribution is -2.37. The predicted molar refractivity (Wildman–Crippen MR) is 243 cm³/mol. The van der Waals surface area contributed by atoms with E-state index in [0.717, 1.165) is 57.8 Å². The zero-order valence-corrected chi connectivity index (χ0v) is 38.9. The number of phosphoric ester groups is 1. The molecular formula is C48H89NO8P+. The number of unbranched alkanes of at least 4 members (excludes halogenated alkanes) is 20. The Morgan fingerprint density at radius 2 is 0.931 bits per heavy atom. The first-order valence-corrected chi connectivity index (χ1v) is 24.9. The van der Waals surface area contributed by atoms with Crippen LogP contribution in [-0.2, 0) is 32.7 Å². The van der Waals surface area contributed by atoms with E-state index in [9.17, 15) is 19.0 Å². The number of phosphoric acid groups is 1. The molecule has 1 N–H and O–H groups in total. The lowest BCUT2D eigenvalue weighted by Gasteiger charge is -2.24. The molecule has 0 rings (SSSR count). The maximum atomic E-state index is 12.7. The van der Waals surface area contributed by atoms with E-state index in [1.807, 2.05) is 21.1 Å². The van der Waals surface area contributed by atoms with Crippen LogP contribution in [-0.4, -0.2) is 74.9 Å². The number of hydrogen-bond acceptors (Lipinski definition) is 7. The topological polar surface area (TPSA) is 108 Å². The smallest absolute Gasteiger partial charge is 0.462 e. The summed E-state index contributed by atoms with van der Waals surface area (Å²) in [5, 5.41) is 0. The Kier molecular flexibility index (Phi) is 39.0. The molecule has 0 aromatic heterocycles. The molecule has 0 saturated heterocycles. The van der Waals surface area contributed by atoms with Crippen LogP contribution in [0.1, 0.15) is 194 Å². The van der Waals surface area contributed by atoms with Crippen molar-refractivity contribution in [2.75, 3.05) is 47.5 Å². The number of allylic oxidation sites excluding steroid dienone is 8. The molecule has 0 amide bonds. The molecule has 0 aromatic rings. The van der Waals surface area contributed by atoms with Crippen LogP contribution < -0.4 is 0 Å². The van der Waals surface area contributed by atoms with E-state index in [2.05, 4.69) is 62.5 Å². The SMILES string of the molecule is CCCCC/C=C/C/C=C/C/C=C/C/C=C/CCCCCC(=O)O[C@H](COC(=O)CCCCCCCCCCCCCCCCC)COP(=O)(O)OCC[N+](C)(C)C. The van der Waals surface area contributed by atoms with E-state index in [1.165, 1.54) is 103 Å². The Labute approximate surface area is 356 Å². The van der Waals surface area contributed by atoms with Gasteiger partial charge in [-0.1, -0.05) is 172 Å². The molecule has 10 heteroatoms. The molecular weight excluding hydrogens is 750 g/mol. The third-order valence-corrected chi connectivity index (χ3v) is 10.8. The second-order valence-corrected chi connectivity index (χ2v) is 18.2. The van der Waals surface area contributed by atoms with Gasteiger partial charge < -0.3 is 18.9 Å². The molecule has 0 radical (unpaired) electrons. The van der Waals surface area contributed by atoms with Crippen LogP contribution >= 0.6 is 7.82 Å². The van der Waals surface area contributed by atoms with Crippen LogP contribution in [0.3, 0.4) is 0 Å². The van der Waals surface area contributed by atoms with Crippen molar-refractivity contribution in [2.45, 2.75) is 200 Å². The molecule has 0 aliphatic heterocycles. The van der Waals surface area contributed by atoms with Gasteiger partial charge in [0.2, 0.25) is 0 Å². The number of hydrogen-bond donors (Lipinski definition) is 1. The molecule has 1 unspecified atom stereocenters. The van der Waals surface area contributed by atoms with Gasteiger partial charge in [-0.2, -0.15) is 0 Å². The average molecular weight is 839 g/mol. The van der Waals surface area contributed by atoms with Crippen LogP contribution in [0.25, 0.3) is 0 Å². The van der Waals surface area contributed by atoms with Gasteiger partial charge in [-0.3, -0.25) is 18.6 Å². The fraction of sp³-hybridized carbons (Fsp3) is 0.792. The van der Waals surface area contributed by atoms with E-state index >= 15 is 0 Å². The minimum absolute atomic E-state index is 0.0248. The van der Waals surface area contributed by atoms with Crippen molar-refractivity contribution in [3.05, 3.63) is 48.6 Å². The Morgan fingerprint density at radius 3 is 1.41 bits per heavy atom. The third kappa shape index (κ3) is 43.5. The van der Waals surface area contributed by atoms with Gasteiger partial charge in [0.25, 0.3) is 0 Å². The predicted octanol–water partition coefficient (Wildman–Crippen LogP) is 13.5. The normalized spacial score (nSPS) is 14.0. The molecule has 0 aromatic carbocycles. The molecule has 58 heavy (non-hydrogen) atoms. The highest BCUT2D eigenvalue weighted by atomic mass is 31.2. The van der Waals surface area contributed by atoms with Gasteiger partial charge in [0.15, 0.2) is 6.10 Å². The van der Waals surface area contributed by atoms with Crippen LogP contribution in [0.5, 0.6) is 0 Å². The Morgan fingerprint density at radius 1 is 0.534 bits per heavy atom. The fourth-order valence-electron chi connectivity index (χ4n) is 6.17. The lowest BCUT2D eigenvalue weighted by atomic mass is 10.0. The highest BCUT2D eigenvalue weighted by Gasteiger charge is 2.27.